The predicted molar refractivity (Wildman–Crippen MR) is 123 cm³/mol. The van der Waals surface area contributed by atoms with Crippen molar-refractivity contribution in [1.29, 1.82) is 0 Å². The second kappa shape index (κ2) is 9.21. The number of aliphatic hydroxyl groups is 1. The van der Waals surface area contributed by atoms with Gasteiger partial charge < -0.3 is 5.11 Å². The van der Waals surface area contributed by atoms with Crippen LogP contribution in [-0.2, 0) is 21.8 Å². The van der Waals surface area contributed by atoms with Crippen LogP contribution in [0.15, 0.2) is 53.4 Å². The summed E-state index contributed by atoms with van der Waals surface area (Å²) in [4.78, 5) is 2.14. The fourth-order valence-electron chi connectivity index (χ4n) is 4.62. The first-order chi connectivity index (χ1) is 15.1. The Morgan fingerprint density at radius 1 is 1.09 bits per heavy atom. The molecule has 1 aliphatic rings. The van der Waals surface area contributed by atoms with Crippen molar-refractivity contribution in [2.45, 2.75) is 55.8 Å². The van der Waals surface area contributed by atoms with E-state index in [1.165, 1.54) is 12.1 Å². The lowest BCUT2D eigenvalue weighted by Gasteiger charge is -2.40. The molecule has 3 rings (SSSR count). The van der Waals surface area contributed by atoms with Gasteiger partial charge in [0.1, 0.15) is 0 Å². The average Bonchev–Trinajstić information content (AvgIpc) is 3.17. The van der Waals surface area contributed by atoms with Crippen molar-refractivity contribution in [1.82, 2.24) is 4.90 Å². The molecule has 1 N–H and O–H groups in total. The summed E-state index contributed by atoms with van der Waals surface area (Å²) in [7, 11) is -3.35. The van der Waals surface area contributed by atoms with Gasteiger partial charge in [0.2, 0.25) is 0 Å². The topological polar surface area (TPSA) is 57.6 Å². The SMILES string of the molecule is CC(C)(c1ccc(Cl)cc1)N1CC[C@@](CCc2ccc(S(C)(=O)=O)cc2)([C@@H](O)C(F)(F)F)C1. The van der Waals surface area contributed by atoms with Crippen LogP contribution in [0, 0.1) is 5.41 Å². The van der Waals surface area contributed by atoms with Crippen molar-refractivity contribution < 1.29 is 26.7 Å². The fraction of sp³-hybridized carbons (Fsp3) is 0.500. The molecule has 2 aromatic rings. The van der Waals surface area contributed by atoms with Crippen LogP contribution in [0.25, 0.3) is 0 Å². The van der Waals surface area contributed by atoms with Crippen LogP contribution in [-0.4, -0.2) is 50.0 Å². The first-order valence-electron chi connectivity index (χ1n) is 10.7. The first-order valence-corrected chi connectivity index (χ1v) is 13.0. The maximum atomic E-state index is 13.7. The molecule has 9 heteroatoms. The summed E-state index contributed by atoms with van der Waals surface area (Å²) in [5.41, 5.74) is -0.251. The molecule has 0 radical (unpaired) electrons. The van der Waals surface area contributed by atoms with Crippen LogP contribution in [0.5, 0.6) is 0 Å². The minimum absolute atomic E-state index is 0.0880. The monoisotopic (exact) mass is 503 g/mol. The zero-order valence-corrected chi connectivity index (χ0v) is 20.4. The van der Waals surface area contributed by atoms with Crippen LogP contribution in [0.3, 0.4) is 0 Å². The molecular weight excluding hydrogens is 475 g/mol. The summed E-state index contributed by atoms with van der Waals surface area (Å²) in [5, 5.41) is 11.0. The smallest absolute Gasteiger partial charge is 0.383 e. The number of sulfone groups is 1. The Hall–Kier alpha value is -1.61. The second-order valence-electron chi connectivity index (χ2n) is 9.46. The average molecular weight is 504 g/mol. The molecule has 0 unspecified atom stereocenters. The number of likely N-dealkylation sites (tertiary alicyclic amines) is 1. The first kappa shape index (κ1) is 26.0. The molecule has 1 fully saturated rings. The lowest BCUT2D eigenvalue weighted by atomic mass is 9.75. The molecule has 0 amide bonds. The zero-order chi connectivity index (χ0) is 24.7. The normalized spacial score (nSPS) is 21.3. The van der Waals surface area contributed by atoms with Gasteiger partial charge in [-0.1, -0.05) is 35.9 Å². The number of aliphatic hydroxyl groups excluding tert-OH is 1. The molecule has 4 nitrogen and oxygen atoms in total. The van der Waals surface area contributed by atoms with Crippen molar-refractivity contribution in [3.05, 3.63) is 64.7 Å². The number of hydrogen-bond donors (Lipinski definition) is 1. The van der Waals surface area contributed by atoms with Crippen molar-refractivity contribution >= 4 is 21.4 Å². The molecule has 33 heavy (non-hydrogen) atoms. The number of rotatable bonds is 7. The minimum Gasteiger partial charge on any atom is -0.383 e. The van der Waals surface area contributed by atoms with Crippen molar-refractivity contribution in [2.24, 2.45) is 5.41 Å². The van der Waals surface area contributed by atoms with Gasteiger partial charge in [0.15, 0.2) is 15.9 Å². The van der Waals surface area contributed by atoms with E-state index in [2.05, 4.69) is 0 Å². The highest BCUT2D eigenvalue weighted by atomic mass is 35.5. The van der Waals surface area contributed by atoms with Crippen LogP contribution < -0.4 is 0 Å². The highest BCUT2D eigenvalue weighted by molar-refractivity contribution is 7.90. The Balaban J connectivity index is 1.84. The third-order valence-corrected chi connectivity index (χ3v) is 8.26. The Morgan fingerprint density at radius 2 is 1.67 bits per heavy atom. The number of halogens is 4. The number of alkyl halides is 3. The van der Waals surface area contributed by atoms with Crippen molar-refractivity contribution in [3.63, 3.8) is 0 Å². The summed E-state index contributed by atoms with van der Waals surface area (Å²) in [6, 6.07) is 13.4. The molecule has 0 saturated carbocycles. The van der Waals surface area contributed by atoms with E-state index in [1.54, 1.807) is 24.3 Å². The number of benzene rings is 2. The third kappa shape index (κ3) is 5.73. The summed E-state index contributed by atoms with van der Waals surface area (Å²) in [6.07, 6.45) is -5.46. The van der Waals surface area contributed by atoms with Crippen LogP contribution in [0.1, 0.15) is 37.8 Å². The van der Waals surface area contributed by atoms with Gasteiger partial charge in [-0.3, -0.25) is 4.90 Å². The van der Waals surface area contributed by atoms with E-state index in [9.17, 15) is 26.7 Å². The Kier molecular flexibility index (Phi) is 7.26. The lowest BCUT2D eigenvalue weighted by Crippen LogP contribution is -2.49. The molecule has 1 saturated heterocycles. The van der Waals surface area contributed by atoms with E-state index in [1.807, 2.05) is 30.9 Å². The van der Waals surface area contributed by atoms with Gasteiger partial charge in [0, 0.05) is 28.8 Å². The van der Waals surface area contributed by atoms with E-state index in [0.29, 0.717) is 18.0 Å². The summed E-state index contributed by atoms with van der Waals surface area (Å²) >= 11 is 5.99. The number of hydrogen-bond acceptors (Lipinski definition) is 4. The second-order valence-corrected chi connectivity index (χ2v) is 11.9. The lowest BCUT2D eigenvalue weighted by molar-refractivity contribution is -0.239. The molecule has 182 valence electrons. The molecule has 0 bridgehead atoms. The summed E-state index contributed by atoms with van der Waals surface area (Å²) in [6.45, 7) is 4.41. The fourth-order valence-corrected chi connectivity index (χ4v) is 5.38. The van der Waals surface area contributed by atoms with Gasteiger partial charge in [-0.15, -0.1) is 0 Å². The minimum atomic E-state index is -4.74. The van der Waals surface area contributed by atoms with Crippen LogP contribution in [0.2, 0.25) is 5.02 Å². The van der Waals surface area contributed by atoms with E-state index in [4.69, 9.17) is 11.6 Å². The molecule has 1 aliphatic heterocycles. The molecule has 0 aromatic heterocycles. The van der Waals surface area contributed by atoms with Gasteiger partial charge in [0.25, 0.3) is 0 Å². The highest BCUT2D eigenvalue weighted by Crippen LogP contribution is 2.47. The van der Waals surface area contributed by atoms with E-state index in [0.717, 1.165) is 17.4 Å². The standard InChI is InChI=1S/C24H29ClF3NO3S/c1-22(2,18-6-8-19(25)9-7-18)29-15-14-23(16-29,21(30)24(26,27)28)13-12-17-4-10-20(11-5-17)33(3,31)32/h4-11,21,30H,12-16H2,1-3H3/t21-,23-/m1/s1. The number of nitrogens with zero attached hydrogens (tertiary/aromatic N) is 1. The van der Waals surface area contributed by atoms with E-state index in [-0.39, 0.29) is 24.3 Å². The van der Waals surface area contributed by atoms with Gasteiger partial charge in [0.05, 0.1) is 4.90 Å². The molecular formula is C24H29ClF3NO3S. The Morgan fingerprint density at radius 3 is 2.18 bits per heavy atom. The quantitative estimate of drug-likeness (QED) is 0.562. The van der Waals surface area contributed by atoms with Crippen molar-refractivity contribution in [3.8, 4) is 0 Å². The molecule has 0 spiro atoms. The van der Waals surface area contributed by atoms with Gasteiger partial charge >= 0.3 is 6.18 Å². The van der Waals surface area contributed by atoms with E-state index < -0.39 is 33.1 Å². The maximum absolute atomic E-state index is 13.7. The van der Waals surface area contributed by atoms with Crippen LogP contribution in [0.4, 0.5) is 13.2 Å². The van der Waals surface area contributed by atoms with Crippen molar-refractivity contribution in [2.75, 3.05) is 19.3 Å². The molecule has 2 atom stereocenters. The predicted octanol–water partition coefficient (Wildman–Crippen LogP) is 5.23. The summed E-state index contributed by atoms with van der Waals surface area (Å²) in [5.74, 6) is 0. The number of aryl methyl sites for hydroxylation is 1. The Bertz CT molecular complexity index is 1070. The molecule has 0 aliphatic carbocycles. The van der Waals surface area contributed by atoms with E-state index >= 15 is 0 Å². The molecule has 2 aromatic carbocycles. The largest absolute Gasteiger partial charge is 0.414 e. The summed E-state index contributed by atoms with van der Waals surface area (Å²) < 4.78 is 64.4. The van der Waals surface area contributed by atoms with Crippen LogP contribution >= 0.6 is 11.6 Å². The Labute approximate surface area is 198 Å². The van der Waals surface area contributed by atoms with Gasteiger partial charge in [-0.2, -0.15) is 13.2 Å². The molecule has 1 heterocycles. The van der Waals surface area contributed by atoms with Gasteiger partial charge in [-0.05, 0) is 75.0 Å². The van der Waals surface area contributed by atoms with Gasteiger partial charge in [-0.25, -0.2) is 8.42 Å². The zero-order valence-electron chi connectivity index (χ0n) is 18.9. The maximum Gasteiger partial charge on any atom is 0.414 e. The highest BCUT2D eigenvalue weighted by Gasteiger charge is 2.56. The third-order valence-electron chi connectivity index (χ3n) is 6.88.